The second kappa shape index (κ2) is 11.7. The van der Waals surface area contributed by atoms with Gasteiger partial charge in [-0.25, -0.2) is 0 Å². The van der Waals surface area contributed by atoms with Gasteiger partial charge in [0.05, 0.1) is 31.4 Å². The number of aliphatic hydroxyl groups excluding tert-OH is 1. The van der Waals surface area contributed by atoms with Crippen LogP contribution in [0.5, 0.6) is 5.75 Å². The lowest BCUT2D eigenvalue weighted by molar-refractivity contribution is -0.140. The minimum absolute atomic E-state index is 0.136. The lowest BCUT2D eigenvalue weighted by Crippen LogP contribution is -2.38. The van der Waals surface area contributed by atoms with Crippen molar-refractivity contribution in [2.45, 2.75) is 39.7 Å². The highest BCUT2D eigenvalue weighted by Crippen LogP contribution is 2.40. The van der Waals surface area contributed by atoms with Crippen molar-refractivity contribution in [1.29, 1.82) is 0 Å². The van der Waals surface area contributed by atoms with Crippen LogP contribution in [0.25, 0.3) is 5.76 Å². The van der Waals surface area contributed by atoms with Crippen molar-refractivity contribution >= 4 is 17.4 Å². The van der Waals surface area contributed by atoms with E-state index in [0.717, 1.165) is 68.1 Å². The number of benzene rings is 2. The number of rotatable bonds is 9. The summed E-state index contributed by atoms with van der Waals surface area (Å²) in [7, 11) is 0. The fourth-order valence-corrected chi connectivity index (χ4v) is 4.82. The van der Waals surface area contributed by atoms with Crippen LogP contribution in [0.3, 0.4) is 0 Å². The van der Waals surface area contributed by atoms with Crippen LogP contribution in [0, 0.1) is 13.8 Å². The first-order valence-electron chi connectivity index (χ1n) is 12.8. The number of amides is 1. The van der Waals surface area contributed by atoms with Crippen molar-refractivity contribution < 1.29 is 24.2 Å². The van der Waals surface area contributed by atoms with Gasteiger partial charge < -0.3 is 19.5 Å². The van der Waals surface area contributed by atoms with Crippen LogP contribution in [0.2, 0.25) is 0 Å². The minimum Gasteiger partial charge on any atom is -0.507 e. The van der Waals surface area contributed by atoms with Gasteiger partial charge in [0.25, 0.3) is 11.7 Å². The Kier molecular flexibility index (Phi) is 8.44. The van der Waals surface area contributed by atoms with Gasteiger partial charge in [0.2, 0.25) is 0 Å². The van der Waals surface area contributed by atoms with E-state index in [2.05, 4.69) is 4.90 Å². The van der Waals surface area contributed by atoms with Crippen LogP contribution < -0.4 is 4.74 Å². The number of carbonyl (C=O) groups is 2. The fraction of sp³-hybridized carbons (Fsp3) is 0.448. The Balaban J connectivity index is 1.66. The second-order valence-electron chi connectivity index (χ2n) is 9.54. The Bertz CT molecular complexity index is 1120. The Hall–Kier alpha value is -3.16. The van der Waals surface area contributed by atoms with E-state index in [9.17, 15) is 14.7 Å². The number of aryl methyl sites for hydroxylation is 2. The van der Waals surface area contributed by atoms with Crippen molar-refractivity contribution in [1.82, 2.24) is 9.80 Å². The summed E-state index contributed by atoms with van der Waals surface area (Å²) in [5.41, 5.74) is 3.39. The summed E-state index contributed by atoms with van der Waals surface area (Å²) in [6.07, 6.45) is 1.63. The summed E-state index contributed by atoms with van der Waals surface area (Å²) in [5, 5.41) is 11.4. The third-order valence-corrected chi connectivity index (χ3v) is 6.82. The van der Waals surface area contributed by atoms with Crippen molar-refractivity contribution in [3.63, 3.8) is 0 Å². The van der Waals surface area contributed by atoms with Crippen LogP contribution in [-0.2, 0) is 14.3 Å². The van der Waals surface area contributed by atoms with Gasteiger partial charge in [0.15, 0.2) is 0 Å². The van der Waals surface area contributed by atoms with Crippen LogP contribution in [0.4, 0.5) is 0 Å². The number of nitrogens with zero attached hydrogens (tertiary/aromatic N) is 2. The lowest BCUT2D eigenvalue weighted by Gasteiger charge is -2.29. The van der Waals surface area contributed by atoms with E-state index < -0.39 is 17.7 Å². The van der Waals surface area contributed by atoms with E-state index in [-0.39, 0.29) is 11.3 Å². The zero-order valence-corrected chi connectivity index (χ0v) is 21.5. The molecule has 1 N–H and O–H groups in total. The zero-order valence-electron chi connectivity index (χ0n) is 21.5. The second-order valence-corrected chi connectivity index (χ2v) is 9.54. The molecule has 2 aliphatic rings. The maximum absolute atomic E-state index is 13.3. The molecule has 0 unspecified atom stereocenters. The quantitative estimate of drug-likeness (QED) is 0.321. The number of carbonyl (C=O) groups excluding carboxylic acids is 2. The molecule has 7 heteroatoms. The monoisotopic (exact) mass is 492 g/mol. The largest absolute Gasteiger partial charge is 0.507 e. The zero-order chi connectivity index (χ0) is 25.7. The SMILES string of the molecule is CCCOc1ccc(C(O)=C2C(=O)C(=O)N(CCCN3CCOCC3)[C@H]2c2ccc(C)cc2)cc1C. The molecule has 2 aromatic carbocycles. The number of aliphatic hydroxyl groups is 1. The lowest BCUT2D eigenvalue weighted by atomic mass is 9.94. The molecule has 0 bridgehead atoms. The highest BCUT2D eigenvalue weighted by molar-refractivity contribution is 6.46. The molecule has 7 nitrogen and oxygen atoms in total. The van der Waals surface area contributed by atoms with Crippen molar-refractivity contribution in [3.05, 3.63) is 70.3 Å². The van der Waals surface area contributed by atoms with Crippen LogP contribution in [0.1, 0.15) is 48.1 Å². The molecule has 2 saturated heterocycles. The maximum Gasteiger partial charge on any atom is 0.295 e. The third kappa shape index (κ3) is 5.63. The molecule has 0 spiro atoms. The molecular weight excluding hydrogens is 456 g/mol. The molecule has 2 aromatic rings. The van der Waals surface area contributed by atoms with Crippen LogP contribution in [-0.4, -0.2) is 72.6 Å². The first-order chi connectivity index (χ1) is 17.4. The minimum atomic E-state index is -0.645. The number of ether oxygens (including phenoxy) is 2. The van der Waals surface area contributed by atoms with E-state index in [0.29, 0.717) is 18.7 Å². The summed E-state index contributed by atoms with van der Waals surface area (Å²) in [4.78, 5) is 30.4. The van der Waals surface area contributed by atoms with Gasteiger partial charge in [-0.15, -0.1) is 0 Å². The highest BCUT2D eigenvalue weighted by Gasteiger charge is 2.45. The van der Waals surface area contributed by atoms with Crippen LogP contribution >= 0.6 is 0 Å². The highest BCUT2D eigenvalue weighted by atomic mass is 16.5. The van der Waals surface area contributed by atoms with E-state index in [1.165, 1.54) is 0 Å². The molecule has 1 amide bonds. The molecule has 0 aromatic heterocycles. The molecule has 0 radical (unpaired) electrons. The Morgan fingerprint density at radius 2 is 1.78 bits per heavy atom. The fourth-order valence-electron chi connectivity index (χ4n) is 4.82. The number of morpholine rings is 1. The normalized spacial score (nSPS) is 20.2. The van der Waals surface area contributed by atoms with E-state index in [1.54, 1.807) is 23.1 Å². The Morgan fingerprint density at radius 3 is 2.44 bits per heavy atom. The van der Waals surface area contributed by atoms with Gasteiger partial charge in [-0.05, 0) is 56.0 Å². The molecule has 4 rings (SSSR count). The molecule has 2 fully saturated rings. The van der Waals surface area contributed by atoms with Gasteiger partial charge in [0.1, 0.15) is 11.5 Å². The summed E-state index contributed by atoms with van der Waals surface area (Å²) in [6, 6.07) is 12.5. The molecular formula is C29H36N2O5. The third-order valence-electron chi connectivity index (χ3n) is 6.82. The molecule has 0 aliphatic carbocycles. The first kappa shape index (κ1) is 25.9. The van der Waals surface area contributed by atoms with Gasteiger partial charge in [0, 0.05) is 31.7 Å². The molecule has 36 heavy (non-hydrogen) atoms. The summed E-state index contributed by atoms with van der Waals surface area (Å²) < 4.78 is 11.2. The number of ketones is 1. The molecule has 2 aliphatic heterocycles. The molecule has 1 atom stereocenters. The molecule has 192 valence electrons. The van der Waals surface area contributed by atoms with E-state index >= 15 is 0 Å². The first-order valence-corrected chi connectivity index (χ1v) is 12.8. The van der Waals surface area contributed by atoms with E-state index in [1.807, 2.05) is 45.0 Å². The van der Waals surface area contributed by atoms with E-state index in [4.69, 9.17) is 9.47 Å². The Morgan fingerprint density at radius 1 is 1.06 bits per heavy atom. The topological polar surface area (TPSA) is 79.3 Å². The van der Waals surface area contributed by atoms with Crippen LogP contribution in [0.15, 0.2) is 48.0 Å². The number of hydrogen-bond donors (Lipinski definition) is 1. The summed E-state index contributed by atoms with van der Waals surface area (Å²) >= 11 is 0. The predicted molar refractivity (Wildman–Crippen MR) is 139 cm³/mol. The summed E-state index contributed by atoms with van der Waals surface area (Å²) in [6.45, 7) is 11.0. The average molecular weight is 493 g/mol. The average Bonchev–Trinajstić information content (AvgIpc) is 3.13. The maximum atomic E-state index is 13.3. The summed E-state index contributed by atoms with van der Waals surface area (Å²) in [5.74, 6) is -0.621. The smallest absolute Gasteiger partial charge is 0.295 e. The van der Waals surface area contributed by atoms with Gasteiger partial charge in [-0.3, -0.25) is 14.5 Å². The van der Waals surface area contributed by atoms with Gasteiger partial charge >= 0.3 is 0 Å². The standard InChI is InChI=1S/C29H36N2O5/c1-4-16-36-24-11-10-23(19-21(24)3)27(32)25-26(22-8-6-20(2)7-9-22)31(29(34)28(25)33)13-5-12-30-14-17-35-18-15-30/h6-11,19,26,32H,4-5,12-18H2,1-3H3/t26-/m0/s1. The van der Waals surface area contributed by atoms with Gasteiger partial charge in [-0.1, -0.05) is 36.8 Å². The predicted octanol–water partition coefficient (Wildman–Crippen LogP) is 4.24. The van der Waals surface area contributed by atoms with Crippen molar-refractivity contribution in [2.75, 3.05) is 46.0 Å². The van der Waals surface area contributed by atoms with Gasteiger partial charge in [-0.2, -0.15) is 0 Å². The number of Topliss-reactive ketones (excluding diaryl/α,β-unsaturated/α-hetero) is 1. The number of hydrogen-bond acceptors (Lipinski definition) is 6. The van der Waals surface area contributed by atoms with Crippen molar-refractivity contribution in [3.8, 4) is 5.75 Å². The van der Waals surface area contributed by atoms with Crippen molar-refractivity contribution in [2.24, 2.45) is 0 Å². The molecule has 0 saturated carbocycles. The Labute approximate surface area is 213 Å². The number of likely N-dealkylation sites (tertiary alicyclic amines) is 1. The molecule has 2 heterocycles.